The van der Waals surface area contributed by atoms with Gasteiger partial charge < -0.3 is 9.72 Å². The largest absolute Gasteiger partial charge is 0.463 e. The number of aryl methyl sites for hydroxylation is 1. The van der Waals surface area contributed by atoms with E-state index in [9.17, 15) is 4.79 Å². The molecule has 0 radical (unpaired) electrons. The fourth-order valence-corrected chi connectivity index (χ4v) is 2.29. The SMILES string of the molecule is COC(=O)c1nccc(-c2c(C)[nH]c3ccccc23)n1. The summed E-state index contributed by atoms with van der Waals surface area (Å²) in [6, 6.07) is 9.76. The van der Waals surface area contributed by atoms with Crippen LogP contribution < -0.4 is 0 Å². The number of esters is 1. The molecule has 0 saturated carbocycles. The van der Waals surface area contributed by atoms with Crippen molar-refractivity contribution in [3.05, 3.63) is 48.0 Å². The van der Waals surface area contributed by atoms with Gasteiger partial charge in [0.1, 0.15) is 0 Å². The summed E-state index contributed by atoms with van der Waals surface area (Å²) in [4.78, 5) is 23.1. The molecule has 0 aliphatic rings. The Morgan fingerprint density at radius 1 is 1.25 bits per heavy atom. The van der Waals surface area contributed by atoms with Crippen molar-refractivity contribution in [1.29, 1.82) is 0 Å². The third-order valence-electron chi connectivity index (χ3n) is 3.17. The highest BCUT2D eigenvalue weighted by Gasteiger charge is 2.15. The van der Waals surface area contributed by atoms with Gasteiger partial charge in [-0.15, -0.1) is 0 Å². The van der Waals surface area contributed by atoms with E-state index in [4.69, 9.17) is 0 Å². The van der Waals surface area contributed by atoms with Crippen LogP contribution in [0.25, 0.3) is 22.2 Å². The lowest BCUT2D eigenvalue weighted by atomic mass is 10.1. The molecule has 3 rings (SSSR count). The number of para-hydroxylation sites is 1. The fourth-order valence-electron chi connectivity index (χ4n) is 2.29. The third-order valence-corrected chi connectivity index (χ3v) is 3.17. The quantitative estimate of drug-likeness (QED) is 0.725. The second-order valence-corrected chi connectivity index (χ2v) is 4.43. The van der Waals surface area contributed by atoms with E-state index >= 15 is 0 Å². The number of ether oxygens (including phenoxy) is 1. The topological polar surface area (TPSA) is 67.9 Å². The fraction of sp³-hybridized carbons (Fsp3) is 0.133. The monoisotopic (exact) mass is 267 g/mol. The van der Waals surface area contributed by atoms with Gasteiger partial charge in [0.15, 0.2) is 0 Å². The van der Waals surface area contributed by atoms with Crippen molar-refractivity contribution in [3.63, 3.8) is 0 Å². The zero-order valence-corrected chi connectivity index (χ0v) is 11.2. The number of carbonyl (C=O) groups is 1. The Balaban J connectivity index is 2.21. The molecule has 5 nitrogen and oxygen atoms in total. The Kier molecular flexibility index (Phi) is 2.95. The Hall–Kier alpha value is -2.69. The highest BCUT2D eigenvalue weighted by molar-refractivity contribution is 5.97. The number of nitrogens with zero attached hydrogens (tertiary/aromatic N) is 2. The zero-order valence-electron chi connectivity index (χ0n) is 11.2. The maximum absolute atomic E-state index is 11.5. The van der Waals surface area contributed by atoms with Crippen molar-refractivity contribution in [1.82, 2.24) is 15.0 Å². The van der Waals surface area contributed by atoms with Crippen LogP contribution in [0.15, 0.2) is 36.5 Å². The number of rotatable bonds is 2. The van der Waals surface area contributed by atoms with Gasteiger partial charge in [-0.25, -0.2) is 14.8 Å². The molecule has 0 aliphatic heterocycles. The van der Waals surface area contributed by atoms with Gasteiger partial charge in [-0.3, -0.25) is 0 Å². The molecule has 1 aromatic carbocycles. The van der Waals surface area contributed by atoms with Crippen molar-refractivity contribution in [2.75, 3.05) is 7.11 Å². The highest BCUT2D eigenvalue weighted by Crippen LogP contribution is 2.30. The van der Waals surface area contributed by atoms with E-state index in [1.54, 1.807) is 12.3 Å². The van der Waals surface area contributed by atoms with Crippen LogP contribution in [0.3, 0.4) is 0 Å². The summed E-state index contributed by atoms with van der Waals surface area (Å²) in [5.41, 5.74) is 3.72. The highest BCUT2D eigenvalue weighted by atomic mass is 16.5. The van der Waals surface area contributed by atoms with Gasteiger partial charge in [-0.2, -0.15) is 0 Å². The second kappa shape index (κ2) is 4.77. The average Bonchev–Trinajstić information content (AvgIpc) is 2.82. The summed E-state index contributed by atoms with van der Waals surface area (Å²) >= 11 is 0. The van der Waals surface area contributed by atoms with Crippen LogP contribution in [0.1, 0.15) is 16.3 Å². The van der Waals surface area contributed by atoms with Gasteiger partial charge in [-0.05, 0) is 19.1 Å². The van der Waals surface area contributed by atoms with Gasteiger partial charge in [0, 0.05) is 28.4 Å². The standard InChI is InChI=1S/C15H13N3O2/c1-9-13(10-5-3-4-6-11(10)17-9)12-7-8-16-14(18-12)15(19)20-2/h3-8,17H,1-2H3. The summed E-state index contributed by atoms with van der Waals surface area (Å²) in [7, 11) is 1.31. The molecule has 2 heterocycles. The molecule has 1 N–H and O–H groups in total. The van der Waals surface area contributed by atoms with Crippen LogP contribution in [0.2, 0.25) is 0 Å². The molecule has 100 valence electrons. The van der Waals surface area contributed by atoms with E-state index in [-0.39, 0.29) is 5.82 Å². The molecule has 2 aromatic heterocycles. The number of methoxy groups -OCH3 is 1. The van der Waals surface area contributed by atoms with Crippen LogP contribution in [0.4, 0.5) is 0 Å². The first-order chi connectivity index (χ1) is 9.70. The molecular weight excluding hydrogens is 254 g/mol. The van der Waals surface area contributed by atoms with Gasteiger partial charge in [0.05, 0.1) is 12.8 Å². The number of carbonyl (C=O) groups excluding carboxylic acids is 1. The van der Waals surface area contributed by atoms with E-state index in [2.05, 4.69) is 19.7 Å². The van der Waals surface area contributed by atoms with Gasteiger partial charge in [0.2, 0.25) is 5.82 Å². The summed E-state index contributed by atoms with van der Waals surface area (Å²) in [6.45, 7) is 1.98. The predicted molar refractivity (Wildman–Crippen MR) is 75.4 cm³/mol. The van der Waals surface area contributed by atoms with Gasteiger partial charge in [0.25, 0.3) is 0 Å². The minimum atomic E-state index is -0.538. The molecule has 20 heavy (non-hydrogen) atoms. The molecule has 0 bridgehead atoms. The summed E-state index contributed by atoms with van der Waals surface area (Å²) in [5, 5.41) is 1.07. The predicted octanol–water partition coefficient (Wildman–Crippen LogP) is 2.72. The van der Waals surface area contributed by atoms with Crippen molar-refractivity contribution in [2.45, 2.75) is 6.92 Å². The van der Waals surface area contributed by atoms with Crippen molar-refractivity contribution in [2.24, 2.45) is 0 Å². The number of fused-ring (bicyclic) bond motifs is 1. The minimum absolute atomic E-state index is 0.0645. The first kappa shape index (κ1) is 12.3. The van der Waals surface area contributed by atoms with Crippen molar-refractivity contribution >= 4 is 16.9 Å². The molecule has 5 heteroatoms. The summed E-state index contributed by atoms with van der Waals surface area (Å²) in [5.74, 6) is -0.473. The number of aromatic nitrogens is 3. The maximum Gasteiger partial charge on any atom is 0.376 e. The van der Waals surface area contributed by atoms with Crippen molar-refractivity contribution < 1.29 is 9.53 Å². The first-order valence-electron chi connectivity index (χ1n) is 6.19. The lowest BCUT2D eigenvalue weighted by Crippen LogP contribution is -2.07. The van der Waals surface area contributed by atoms with Crippen LogP contribution >= 0.6 is 0 Å². The molecule has 0 amide bonds. The molecule has 0 unspecified atom stereocenters. The maximum atomic E-state index is 11.5. The Morgan fingerprint density at radius 3 is 2.85 bits per heavy atom. The molecule has 0 fully saturated rings. The molecule has 0 saturated heterocycles. The zero-order chi connectivity index (χ0) is 14.1. The Labute approximate surface area is 115 Å². The van der Waals surface area contributed by atoms with E-state index in [1.165, 1.54) is 7.11 Å². The number of nitrogens with one attached hydrogen (secondary N) is 1. The van der Waals surface area contributed by atoms with Crippen LogP contribution in [-0.4, -0.2) is 28.0 Å². The van der Waals surface area contributed by atoms with Crippen molar-refractivity contribution in [3.8, 4) is 11.3 Å². The van der Waals surface area contributed by atoms with Crippen LogP contribution in [0.5, 0.6) is 0 Å². The van der Waals surface area contributed by atoms with E-state index in [1.807, 2.05) is 31.2 Å². The smallest absolute Gasteiger partial charge is 0.376 e. The van der Waals surface area contributed by atoms with E-state index < -0.39 is 5.97 Å². The molecular formula is C15H13N3O2. The van der Waals surface area contributed by atoms with E-state index in [0.717, 1.165) is 22.2 Å². The normalized spacial score (nSPS) is 10.7. The molecule has 0 spiro atoms. The summed E-state index contributed by atoms with van der Waals surface area (Å²) < 4.78 is 4.65. The second-order valence-electron chi connectivity index (χ2n) is 4.43. The lowest BCUT2D eigenvalue weighted by Gasteiger charge is -2.03. The molecule has 0 aliphatic carbocycles. The number of aromatic amines is 1. The third kappa shape index (κ3) is 1.93. The lowest BCUT2D eigenvalue weighted by molar-refractivity contribution is 0.0587. The molecule has 3 aromatic rings. The minimum Gasteiger partial charge on any atom is -0.463 e. The van der Waals surface area contributed by atoms with E-state index in [0.29, 0.717) is 5.69 Å². The molecule has 0 atom stereocenters. The number of H-pyrrole nitrogens is 1. The number of benzene rings is 1. The van der Waals surface area contributed by atoms with Crippen LogP contribution in [0, 0.1) is 6.92 Å². The Bertz CT molecular complexity index is 793. The average molecular weight is 267 g/mol. The van der Waals surface area contributed by atoms with Crippen LogP contribution in [-0.2, 0) is 4.74 Å². The number of hydrogen-bond acceptors (Lipinski definition) is 4. The van der Waals surface area contributed by atoms with Gasteiger partial charge >= 0.3 is 5.97 Å². The number of hydrogen-bond donors (Lipinski definition) is 1. The van der Waals surface area contributed by atoms with Gasteiger partial charge in [-0.1, -0.05) is 18.2 Å². The first-order valence-corrected chi connectivity index (χ1v) is 6.19. The Morgan fingerprint density at radius 2 is 2.05 bits per heavy atom. The summed E-state index contributed by atoms with van der Waals surface area (Å²) in [6.07, 6.45) is 1.57.